The van der Waals surface area contributed by atoms with Crippen molar-refractivity contribution in [1.29, 1.82) is 0 Å². The van der Waals surface area contributed by atoms with Crippen molar-refractivity contribution in [1.82, 2.24) is 19.5 Å². The van der Waals surface area contributed by atoms with Gasteiger partial charge in [-0.2, -0.15) is 0 Å². The Bertz CT molecular complexity index is 3140. The molecule has 0 radical (unpaired) electrons. The van der Waals surface area contributed by atoms with Gasteiger partial charge in [-0.05, 0) is 54.6 Å². The van der Waals surface area contributed by atoms with E-state index in [9.17, 15) is 0 Å². The zero-order chi connectivity index (χ0) is 33.5. The van der Waals surface area contributed by atoms with Crippen LogP contribution >= 0.6 is 11.3 Å². The van der Waals surface area contributed by atoms with Gasteiger partial charge < -0.3 is 8.98 Å². The average Bonchev–Trinajstić information content (AvgIpc) is 3.87. The van der Waals surface area contributed by atoms with E-state index in [2.05, 4.69) is 114 Å². The molecule has 11 rings (SSSR count). The first kappa shape index (κ1) is 28.2. The van der Waals surface area contributed by atoms with Crippen LogP contribution < -0.4 is 0 Å². The van der Waals surface area contributed by atoms with Crippen LogP contribution in [0.4, 0.5) is 0 Å². The zero-order valence-corrected chi connectivity index (χ0v) is 27.9. The van der Waals surface area contributed by atoms with Crippen molar-refractivity contribution in [3.63, 3.8) is 0 Å². The molecule has 6 heteroatoms. The summed E-state index contributed by atoms with van der Waals surface area (Å²) in [5.74, 6) is 1.91. The normalized spacial score (nSPS) is 11.9. The van der Waals surface area contributed by atoms with Crippen LogP contribution in [0.3, 0.4) is 0 Å². The second-order valence-corrected chi connectivity index (χ2v) is 13.8. The molecule has 0 saturated heterocycles. The Morgan fingerprint density at radius 2 is 1.10 bits per heavy atom. The number of hydrogen-bond acceptors (Lipinski definition) is 5. The van der Waals surface area contributed by atoms with Crippen LogP contribution in [0.1, 0.15) is 0 Å². The number of nitrogens with zero attached hydrogens (tertiary/aromatic N) is 4. The number of benzene rings is 7. The van der Waals surface area contributed by atoms with E-state index in [0.717, 1.165) is 49.0 Å². The van der Waals surface area contributed by atoms with Crippen molar-refractivity contribution in [3.8, 4) is 39.9 Å². The predicted molar refractivity (Wildman–Crippen MR) is 211 cm³/mol. The lowest BCUT2D eigenvalue weighted by Gasteiger charge is -2.09. The molecule has 4 aromatic heterocycles. The average molecular weight is 671 g/mol. The molecule has 0 bridgehead atoms. The first-order valence-corrected chi connectivity index (χ1v) is 17.8. The molecule has 0 aliphatic carbocycles. The quantitative estimate of drug-likeness (QED) is 0.187. The molecule has 0 atom stereocenters. The van der Waals surface area contributed by atoms with Crippen LogP contribution in [0.25, 0.3) is 104 Å². The molecule has 0 unspecified atom stereocenters. The van der Waals surface area contributed by atoms with Crippen molar-refractivity contribution in [3.05, 3.63) is 158 Å². The van der Waals surface area contributed by atoms with Gasteiger partial charge in [0, 0.05) is 64.1 Å². The van der Waals surface area contributed by atoms with E-state index in [-0.39, 0.29) is 0 Å². The molecule has 51 heavy (non-hydrogen) atoms. The minimum Gasteiger partial charge on any atom is -0.456 e. The van der Waals surface area contributed by atoms with Gasteiger partial charge in [0.15, 0.2) is 17.5 Å². The van der Waals surface area contributed by atoms with E-state index in [1.807, 2.05) is 59.9 Å². The summed E-state index contributed by atoms with van der Waals surface area (Å²) < 4.78 is 10.9. The van der Waals surface area contributed by atoms with E-state index >= 15 is 0 Å². The van der Waals surface area contributed by atoms with Crippen LogP contribution in [-0.4, -0.2) is 19.5 Å². The maximum Gasteiger partial charge on any atom is 0.165 e. The fourth-order valence-electron chi connectivity index (χ4n) is 7.55. The van der Waals surface area contributed by atoms with Crippen LogP contribution in [0.15, 0.2) is 162 Å². The molecule has 0 spiro atoms. The number of hydrogen-bond donors (Lipinski definition) is 0. The Kier molecular flexibility index (Phi) is 6.05. The Balaban J connectivity index is 1.17. The molecule has 7 aromatic carbocycles. The molecule has 5 nitrogen and oxygen atoms in total. The minimum atomic E-state index is 0.623. The molecule has 0 saturated carbocycles. The maximum atomic E-state index is 6.14. The van der Waals surface area contributed by atoms with Crippen molar-refractivity contribution >= 4 is 75.3 Å². The van der Waals surface area contributed by atoms with Crippen LogP contribution in [0.2, 0.25) is 0 Å². The van der Waals surface area contributed by atoms with E-state index in [1.165, 1.54) is 37.3 Å². The molecule has 11 aromatic rings. The van der Waals surface area contributed by atoms with Gasteiger partial charge in [-0.3, -0.25) is 0 Å². The van der Waals surface area contributed by atoms with E-state index in [4.69, 9.17) is 19.4 Å². The van der Waals surface area contributed by atoms with E-state index in [0.29, 0.717) is 17.5 Å². The number of furan rings is 1. The van der Waals surface area contributed by atoms with E-state index in [1.54, 1.807) is 0 Å². The number of thiophene rings is 1. The Labute approximate surface area is 295 Å². The fraction of sp³-hybridized carbons (Fsp3) is 0. The summed E-state index contributed by atoms with van der Waals surface area (Å²) >= 11 is 1.82. The van der Waals surface area contributed by atoms with Crippen molar-refractivity contribution < 1.29 is 4.42 Å². The van der Waals surface area contributed by atoms with Crippen molar-refractivity contribution in [2.24, 2.45) is 0 Å². The van der Waals surface area contributed by atoms with Crippen LogP contribution in [0, 0.1) is 0 Å². The molecule has 0 aliphatic rings. The largest absolute Gasteiger partial charge is 0.456 e. The summed E-state index contributed by atoms with van der Waals surface area (Å²) in [6, 6.07) is 54.8. The summed E-state index contributed by atoms with van der Waals surface area (Å²) in [7, 11) is 0. The summed E-state index contributed by atoms with van der Waals surface area (Å²) in [5, 5.41) is 7.04. The predicted octanol–water partition coefficient (Wildman–Crippen LogP) is 12.2. The van der Waals surface area contributed by atoms with Gasteiger partial charge in [0.1, 0.15) is 11.2 Å². The maximum absolute atomic E-state index is 6.14. The summed E-state index contributed by atoms with van der Waals surface area (Å²) in [6.45, 7) is 0. The smallest absolute Gasteiger partial charge is 0.165 e. The standard InChI is InChI=1S/C45H26N4OS/c1-3-12-27(13-4-1)43-46-44(28-22-25-39-35(26-28)30-16-8-10-21-38(30)50-39)48-45(47-43)34-19-11-18-31-32-23-24-37-40(42(32)51-41(31)34)33-17-7-9-20-36(33)49(37)29-14-5-2-6-15-29/h1-26H. The number of rotatable bonds is 4. The molecule has 0 N–H and O–H groups in total. The molecule has 0 amide bonds. The van der Waals surface area contributed by atoms with Crippen molar-refractivity contribution in [2.75, 3.05) is 0 Å². The van der Waals surface area contributed by atoms with Gasteiger partial charge in [-0.1, -0.05) is 103 Å². The summed E-state index contributed by atoms with van der Waals surface area (Å²) in [5.41, 5.74) is 8.09. The second kappa shape index (κ2) is 10.9. The van der Waals surface area contributed by atoms with Gasteiger partial charge in [0.05, 0.1) is 11.0 Å². The van der Waals surface area contributed by atoms with Crippen molar-refractivity contribution in [2.45, 2.75) is 0 Å². The molecule has 4 heterocycles. The number of aromatic nitrogens is 4. The highest BCUT2D eigenvalue weighted by Gasteiger charge is 2.21. The topological polar surface area (TPSA) is 56.7 Å². The fourth-order valence-corrected chi connectivity index (χ4v) is 8.91. The van der Waals surface area contributed by atoms with Gasteiger partial charge in [-0.15, -0.1) is 11.3 Å². The molecular weight excluding hydrogens is 645 g/mol. The van der Waals surface area contributed by atoms with Gasteiger partial charge in [0.2, 0.25) is 0 Å². The van der Waals surface area contributed by atoms with E-state index < -0.39 is 0 Å². The number of para-hydroxylation sites is 3. The highest BCUT2D eigenvalue weighted by atomic mass is 32.1. The van der Waals surface area contributed by atoms with Gasteiger partial charge in [0.25, 0.3) is 0 Å². The number of fused-ring (bicyclic) bond motifs is 10. The minimum absolute atomic E-state index is 0.623. The van der Waals surface area contributed by atoms with Gasteiger partial charge >= 0.3 is 0 Å². The van der Waals surface area contributed by atoms with Crippen LogP contribution in [0.5, 0.6) is 0 Å². The van der Waals surface area contributed by atoms with Crippen LogP contribution in [-0.2, 0) is 0 Å². The molecule has 0 aliphatic heterocycles. The Morgan fingerprint density at radius 3 is 1.96 bits per heavy atom. The molecule has 238 valence electrons. The lowest BCUT2D eigenvalue weighted by atomic mass is 10.1. The monoisotopic (exact) mass is 670 g/mol. The van der Waals surface area contributed by atoms with Gasteiger partial charge in [-0.25, -0.2) is 15.0 Å². The second-order valence-electron chi connectivity index (χ2n) is 12.8. The highest BCUT2D eigenvalue weighted by molar-refractivity contribution is 7.27. The summed E-state index contributed by atoms with van der Waals surface area (Å²) in [6.07, 6.45) is 0. The third-order valence-electron chi connectivity index (χ3n) is 9.86. The lowest BCUT2D eigenvalue weighted by Crippen LogP contribution is -2.00. The lowest BCUT2D eigenvalue weighted by molar-refractivity contribution is 0.669. The third-order valence-corrected chi connectivity index (χ3v) is 11.1. The zero-order valence-electron chi connectivity index (χ0n) is 27.1. The SMILES string of the molecule is c1ccc(-c2nc(-c3ccc4oc5ccccc5c4c3)nc(-c3cccc4c3sc3c4ccc4c3c3ccccc3n4-c3ccccc3)n2)cc1. The Morgan fingerprint density at radius 1 is 0.431 bits per heavy atom. The first-order chi connectivity index (χ1) is 25.3. The first-order valence-electron chi connectivity index (χ1n) is 16.9. The molecule has 0 fully saturated rings. The summed E-state index contributed by atoms with van der Waals surface area (Å²) in [4.78, 5) is 15.4. The highest BCUT2D eigenvalue weighted by Crippen LogP contribution is 2.46. The Hall–Kier alpha value is -6.63. The third kappa shape index (κ3) is 4.30. The molecular formula is C45H26N4OS.